The van der Waals surface area contributed by atoms with Crippen LogP contribution in [0.25, 0.3) is 0 Å². The molecule has 98 valence electrons. The fourth-order valence-electron chi connectivity index (χ4n) is 3.24. The Hall–Kier alpha value is -0.0500. The van der Waals surface area contributed by atoms with Crippen molar-refractivity contribution in [1.82, 2.24) is 4.90 Å². The third kappa shape index (κ3) is 3.04. The predicted molar refractivity (Wildman–Crippen MR) is 74.3 cm³/mol. The molecule has 2 fully saturated rings. The average molecular weight is 302 g/mol. The monoisotopic (exact) mass is 301 g/mol. The van der Waals surface area contributed by atoms with Crippen LogP contribution in [-0.4, -0.2) is 28.7 Å². The van der Waals surface area contributed by atoms with E-state index < -0.39 is 0 Å². The first-order chi connectivity index (χ1) is 8.00. The van der Waals surface area contributed by atoms with Crippen molar-refractivity contribution in [1.29, 1.82) is 0 Å². The summed E-state index contributed by atoms with van der Waals surface area (Å²) in [5.74, 6) is 0.692. The molecular formula is C14H24BrNO. The normalized spacial score (nSPS) is 30.3. The molecule has 1 unspecified atom stereocenters. The van der Waals surface area contributed by atoms with E-state index in [4.69, 9.17) is 0 Å². The number of amides is 1. The van der Waals surface area contributed by atoms with E-state index in [1.165, 1.54) is 19.3 Å². The molecule has 1 aliphatic heterocycles. The Bertz CT molecular complexity index is 282. The number of nitrogens with zero attached hydrogens (tertiary/aromatic N) is 1. The first-order valence-electron chi connectivity index (χ1n) is 6.93. The number of hydrogen-bond donors (Lipinski definition) is 0. The molecule has 1 saturated heterocycles. The van der Waals surface area contributed by atoms with E-state index in [0.29, 0.717) is 10.7 Å². The Kier molecular flexibility index (Phi) is 4.17. The van der Waals surface area contributed by atoms with Crippen LogP contribution >= 0.6 is 15.9 Å². The Labute approximate surface area is 113 Å². The van der Waals surface area contributed by atoms with E-state index >= 15 is 0 Å². The van der Waals surface area contributed by atoms with Gasteiger partial charge < -0.3 is 4.90 Å². The highest BCUT2D eigenvalue weighted by Gasteiger charge is 2.39. The molecule has 1 aliphatic carbocycles. The van der Waals surface area contributed by atoms with Crippen LogP contribution in [0.5, 0.6) is 0 Å². The quantitative estimate of drug-likeness (QED) is 0.678. The van der Waals surface area contributed by atoms with Crippen molar-refractivity contribution in [3.63, 3.8) is 0 Å². The van der Waals surface area contributed by atoms with E-state index in [1.807, 2.05) is 0 Å². The van der Waals surface area contributed by atoms with Crippen molar-refractivity contribution in [3.8, 4) is 0 Å². The third-order valence-electron chi connectivity index (χ3n) is 4.54. The number of piperidine rings is 1. The standard InChI is InChI=1S/C14H24BrNO/c1-14(2)8-4-3-5-12(14)13(17)16-9-6-11(15)7-10-16/h11-12H,3-10H2,1-2H3. The molecule has 0 N–H and O–H groups in total. The third-order valence-corrected chi connectivity index (χ3v) is 5.46. The Morgan fingerprint density at radius 1 is 1.18 bits per heavy atom. The van der Waals surface area contributed by atoms with E-state index in [9.17, 15) is 4.79 Å². The van der Waals surface area contributed by atoms with Crippen LogP contribution in [0, 0.1) is 11.3 Å². The van der Waals surface area contributed by atoms with E-state index in [0.717, 1.165) is 32.4 Å². The van der Waals surface area contributed by atoms with Crippen LogP contribution in [-0.2, 0) is 4.79 Å². The van der Waals surface area contributed by atoms with Crippen molar-refractivity contribution in [2.75, 3.05) is 13.1 Å². The maximum Gasteiger partial charge on any atom is 0.226 e. The molecule has 0 aromatic heterocycles. The van der Waals surface area contributed by atoms with Gasteiger partial charge in [-0.1, -0.05) is 42.6 Å². The fraction of sp³-hybridized carbons (Fsp3) is 0.929. The summed E-state index contributed by atoms with van der Waals surface area (Å²) in [4.78, 5) is 15.3. The van der Waals surface area contributed by atoms with Crippen LogP contribution in [0.15, 0.2) is 0 Å². The minimum Gasteiger partial charge on any atom is -0.342 e. The number of carbonyl (C=O) groups excluding carboxylic acids is 1. The van der Waals surface area contributed by atoms with Crippen LogP contribution in [0.2, 0.25) is 0 Å². The van der Waals surface area contributed by atoms with Gasteiger partial charge in [0.15, 0.2) is 0 Å². The van der Waals surface area contributed by atoms with Gasteiger partial charge in [-0.2, -0.15) is 0 Å². The van der Waals surface area contributed by atoms with Crippen molar-refractivity contribution in [3.05, 3.63) is 0 Å². The zero-order valence-electron chi connectivity index (χ0n) is 11.0. The van der Waals surface area contributed by atoms with Gasteiger partial charge in [0, 0.05) is 23.8 Å². The molecule has 3 heteroatoms. The van der Waals surface area contributed by atoms with Crippen molar-refractivity contribution in [2.45, 2.75) is 57.2 Å². The average Bonchev–Trinajstić information content (AvgIpc) is 2.28. The van der Waals surface area contributed by atoms with Gasteiger partial charge in [0.2, 0.25) is 5.91 Å². The van der Waals surface area contributed by atoms with Gasteiger partial charge in [-0.3, -0.25) is 4.79 Å². The van der Waals surface area contributed by atoms with Gasteiger partial charge in [-0.25, -0.2) is 0 Å². The zero-order chi connectivity index (χ0) is 12.5. The van der Waals surface area contributed by atoms with Crippen molar-refractivity contribution < 1.29 is 4.79 Å². The molecule has 2 rings (SSSR count). The van der Waals surface area contributed by atoms with E-state index in [2.05, 4.69) is 34.7 Å². The van der Waals surface area contributed by atoms with Gasteiger partial charge in [-0.05, 0) is 31.1 Å². The SMILES string of the molecule is CC1(C)CCCCC1C(=O)N1CCC(Br)CC1. The minimum atomic E-state index is 0.209. The Balaban J connectivity index is 1.99. The summed E-state index contributed by atoms with van der Waals surface area (Å²) in [6.45, 7) is 6.43. The molecule has 1 atom stereocenters. The molecular weight excluding hydrogens is 278 g/mol. The van der Waals surface area contributed by atoms with E-state index in [-0.39, 0.29) is 11.3 Å². The summed E-state index contributed by atoms with van der Waals surface area (Å²) in [7, 11) is 0. The Morgan fingerprint density at radius 3 is 2.41 bits per heavy atom. The van der Waals surface area contributed by atoms with E-state index in [1.54, 1.807) is 0 Å². The summed E-state index contributed by atoms with van der Waals surface area (Å²) in [6.07, 6.45) is 7.05. The molecule has 2 aliphatic rings. The molecule has 1 amide bonds. The first-order valence-corrected chi connectivity index (χ1v) is 7.85. The van der Waals surface area contributed by atoms with Gasteiger partial charge in [0.1, 0.15) is 0 Å². The summed E-state index contributed by atoms with van der Waals surface area (Å²) in [5, 5.41) is 0. The highest BCUT2D eigenvalue weighted by molar-refractivity contribution is 9.09. The molecule has 2 nitrogen and oxygen atoms in total. The van der Waals surface area contributed by atoms with Gasteiger partial charge in [0.25, 0.3) is 0 Å². The van der Waals surface area contributed by atoms with Crippen LogP contribution in [0.1, 0.15) is 52.4 Å². The molecule has 1 heterocycles. The van der Waals surface area contributed by atoms with Crippen molar-refractivity contribution in [2.24, 2.45) is 11.3 Å². The molecule has 0 spiro atoms. The van der Waals surface area contributed by atoms with Gasteiger partial charge in [-0.15, -0.1) is 0 Å². The molecule has 0 aromatic carbocycles. The molecule has 0 aromatic rings. The number of alkyl halides is 1. The first kappa shape index (κ1) is 13.4. The number of likely N-dealkylation sites (tertiary alicyclic amines) is 1. The summed E-state index contributed by atoms with van der Waals surface area (Å²) in [5.41, 5.74) is 0.209. The highest BCUT2D eigenvalue weighted by atomic mass is 79.9. The van der Waals surface area contributed by atoms with Gasteiger partial charge in [0.05, 0.1) is 0 Å². The number of rotatable bonds is 1. The fourth-order valence-corrected chi connectivity index (χ4v) is 3.65. The van der Waals surface area contributed by atoms with Crippen LogP contribution in [0.3, 0.4) is 0 Å². The maximum atomic E-state index is 12.6. The topological polar surface area (TPSA) is 20.3 Å². The van der Waals surface area contributed by atoms with Crippen molar-refractivity contribution >= 4 is 21.8 Å². The second-order valence-corrected chi connectivity index (χ2v) is 7.58. The molecule has 17 heavy (non-hydrogen) atoms. The second-order valence-electron chi connectivity index (χ2n) is 6.29. The number of carbonyl (C=O) groups is 1. The van der Waals surface area contributed by atoms with Gasteiger partial charge >= 0.3 is 0 Å². The summed E-state index contributed by atoms with van der Waals surface area (Å²) in [6, 6.07) is 0. The molecule has 0 radical (unpaired) electrons. The lowest BCUT2D eigenvalue weighted by Gasteiger charge is -2.41. The minimum absolute atomic E-state index is 0.209. The predicted octanol–water partition coefficient (Wildman–Crippen LogP) is 3.59. The molecule has 0 bridgehead atoms. The number of halogens is 1. The van der Waals surface area contributed by atoms with Crippen LogP contribution in [0.4, 0.5) is 0 Å². The number of hydrogen-bond acceptors (Lipinski definition) is 1. The molecule has 1 saturated carbocycles. The summed E-state index contributed by atoms with van der Waals surface area (Å²) >= 11 is 3.65. The maximum absolute atomic E-state index is 12.6. The Morgan fingerprint density at radius 2 is 1.82 bits per heavy atom. The zero-order valence-corrected chi connectivity index (χ0v) is 12.6. The lowest BCUT2D eigenvalue weighted by molar-refractivity contribution is -0.142. The summed E-state index contributed by atoms with van der Waals surface area (Å²) < 4.78 is 0. The lowest BCUT2D eigenvalue weighted by atomic mass is 9.68. The lowest BCUT2D eigenvalue weighted by Crippen LogP contribution is -2.46. The largest absolute Gasteiger partial charge is 0.342 e. The second kappa shape index (κ2) is 5.29. The smallest absolute Gasteiger partial charge is 0.226 e. The van der Waals surface area contributed by atoms with Crippen LogP contribution < -0.4 is 0 Å². The highest BCUT2D eigenvalue weighted by Crippen LogP contribution is 2.41.